The molecule has 2 saturated heterocycles. The van der Waals surface area contributed by atoms with Gasteiger partial charge in [-0.05, 0) is 62.7 Å². The molecule has 1 amide bonds. The van der Waals surface area contributed by atoms with Crippen LogP contribution in [0.25, 0.3) is 11.0 Å². The first-order valence-electron chi connectivity index (χ1n) is 10.3. The molecule has 1 aromatic carbocycles. The van der Waals surface area contributed by atoms with Crippen LogP contribution in [0.2, 0.25) is 0 Å². The summed E-state index contributed by atoms with van der Waals surface area (Å²) in [6, 6.07) is 9.50. The monoisotopic (exact) mass is 382 g/mol. The number of fused-ring (bicyclic) bond motifs is 1. The fourth-order valence-electron chi connectivity index (χ4n) is 4.96. The highest BCUT2D eigenvalue weighted by Gasteiger charge is 2.51. The molecule has 3 aliphatic rings. The quantitative estimate of drug-likeness (QED) is 0.880. The highest BCUT2D eigenvalue weighted by Crippen LogP contribution is 2.45. The van der Waals surface area contributed by atoms with E-state index in [1.54, 1.807) is 4.90 Å². The van der Waals surface area contributed by atoms with E-state index in [0.717, 1.165) is 62.0 Å². The minimum Gasteiger partial charge on any atom is -0.480 e. The van der Waals surface area contributed by atoms with Crippen molar-refractivity contribution in [3.8, 4) is 0 Å². The molecule has 0 unspecified atom stereocenters. The highest BCUT2D eigenvalue weighted by atomic mass is 16.4. The van der Waals surface area contributed by atoms with Gasteiger partial charge in [0.2, 0.25) is 5.91 Å². The molecule has 0 bridgehead atoms. The number of carboxylic acids is 1. The van der Waals surface area contributed by atoms with Crippen molar-refractivity contribution >= 4 is 22.8 Å². The molecule has 5 rings (SSSR count). The van der Waals surface area contributed by atoms with Crippen molar-refractivity contribution in [2.24, 2.45) is 11.3 Å². The van der Waals surface area contributed by atoms with Crippen LogP contribution in [0.4, 0.5) is 0 Å². The summed E-state index contributed by atoms with van der Waals surface area (Å²) in [5.41, 5.74) is 0.873. The lowest BCUT2D eigenvalue weighted by atomic mass is 9.76. The maximum atomic E-state index is 12.6. The molecular formula is C22H26N2O4. The van der Waals surface area contributed by atoms with E-state index in [2.05, 4.69) is 17.0 Å². The SMILES string of the molecule is O=C(O)[C@H]1CC2(CCN(Cc3cc4ccccc4o3)CC2)CN1C(=O)C1CC1. The number of benzene rings is 1. The summed E-state index contributed by atoms with van der Waals surface area (Å²) in [4.78, 5) is 28.4. The molecule has 1 aromatic heterocycles. The summed E-state index contributed by atoms with van der Waals surface area (Å²) < 4.78 is 5.95. The second-order valence-corrected chi connectivity index (χ2v) is 8.83. The molecule has 1 saturated carbocycles. The normalized spacial score (nSPS) is 24.9. The second-order valence-electron chi connectivity index (χ2n) is 8.83. The number of rotatable bonds is 4. The second kappa shape index (κ2) is 6.62. The van der Waals surface area contributed by atoms with Crippen LogP contribution < -0.4 is 0 Å². The van der Waals surface area contributed by atoms with Gasteiger partial charge in [-0.2, -0.15) is 0 Å². The summed E-state index contributed by atoms with van der Waals surface area (Å²) in [6.07, 6.45) is 4.30. The van der Waals surface area contributed by atoms with Crippen molar-refractivity contribution in [1.82, 2.24) is 9.80 Å². The van der Waals surface area contributed by atoms with Gasteiger partial charge >= 0.3 is 5.97 Å². The summed E-state index contributed by atoms with van der Waals surface area (Å²) in [7, 11) is 0. The zero-order chi connectivity index (χ0) is 19.3. The van der Waals surface area contributed by atoms with Gasteiger partial charge < -0.3 is 14.4 Å². The predicted molar refractivity (Wildman–Crippen MR) is 104 cm³/mol. The molecule has 1 N–H and O–H groups in total. The zero-order valence-corrected chi connectivity index (χ0v) is 16.0. The number of hydrogen-bond donors (Lipinski definition) is 1. The number of carbonyl (C=O) groups is 2. The van der Waals surface area contributed by atoms with Crippen LogP contribution in [0.15, 0.2) is 34.7 Å². The van der Waals surface area contributed by atoms with Gasteiger partial charge in [-0.3, -0.25) is 9.69 Å². The van der Waals surface area contributed by atoms with Crippen molar-refractivity contribution in [2.45, 2.75) is 44.7 Å². The van der Waals surface area contributed by atoms with Crippen molar-refractivity contribution in [1.29, 1.82) is 0 Å². The van der Waals surface area contributed by atoms with Gasteiger partial charge in [0.25, 0.3) is 0 Å². The van der Waals surface area contributed by atoms with Gasteiger partial charge in [0.15, 0.2) is 0 Å². The zero-order valence-electron chi connectivity index (χ0n) is 16.0. The lowest BCUT2D eigenvalue weighted by Gasteiger charge is -2.38. The largest absolute Gasteiger partial charge is 0.480 e. The van der Waals surface area contributed by atoms with E-state index in [-0.39, 0.29) is 17.2 Å². The number of para-hydroxylation sites is 1. The first-order chi connectivity index (χ1) is 13.5. The number of carbonyl (C=O) groups excluding carboxylic acids is 1. The molecule has 0 radical (unpaired) electrons. The molecule has 3 fully saturated rings. The molecule has 6 nitrogen and oxygen atoms in total. The topological polar surface area (TPSA) is 74.0 Å². The third-order valence-electron chi connectivity index (χ3n) is 6.78. The Morgan fingerprint density at radius 2 is 1.93 bits per heavy atom. The van der Waals surface area contributed by atoms with Crippen molar-refractivity contribution < 1.29 is 19.1 Å². The van der Waals surface area contributed by atoms with Crippen LogP contribution in [0.5, 0.6) is 0 Å². The Hall–Kier alpha value is -2.34. The maximum absolute atomic E-state index is 12.6. The third-order valence-corrected chi connectivity index (χ3v) is 6.78. The van der Waals surface area contributed by atoms with Crippen LogP contribution in [0, 0.1) is 11.3 Å². The standard InChI is InChI=1S/C22H26N2O4/c25-20(15-5-6-15)24-14-22(12-18(24)21(26)27)7-9-23(10-8-22)13-17-11-16-3-1-2-4-19(16)28-17/h1-4,11,15,18H,5-10,12-14H2,(H,26,27)/t18-/m1/s1. The molecule has 6 heteroatoms. The average Bonchev–Trinajstić information content (AvgIpc) is 3.35. The molecule has 148 valence electrons. The van der Waals surface area contributed by atoms with Gasteiger partial charge in [-0.25, -0.2) is 4.79 Å². The number of nitrogens with zero attached hydrogens (tertiary/aromatic N) is 2. The van der Waals surface area contributed by atoms with E-state index in [1.165, 1.54) is 0 Å². The van der Waals surface area contributed by atoms with E-state index in [0.29, 0.717) is 13.0 Å². The maximum Gasteiger partial charge on any atom is 0.326 e. The summed E-state index contributed by atoms with van der Waals surface area (Å²) in [6.45, 7) is 3.21. The van der Waals surface area contributed by atoms with Gasteiger partial charge in [-0.1, -0.05) is 18.2 Å². The van der Waals surface area contributed by atoms with E-state index in [9.17, 15) is 14.7 Å². The van der Waals surface area contributed by atoms with Crippen LogP contribution in [-0.2, 0) is 16.1 Å². The molecule has 2 aromatic rings. The Labute approximate surface area is 164 Å². The summed E-state index contributed by atoms with van der Waals surface area (Å²) >= 11 is 0. The van der Waals surface area contributed by atoms with Crippen molar-refractivity contribution in [3.05, 3.63) is 36.1 Å². The van der Waals surface area contributed by atoms with E-state index >= 15 is 0 Å². The number of piperidine rings is 1. The van der Waals surface area contributed by atoms with Crippen molar-refractivity contribution in [2.75, 3.05) is 19.6 Å². The van der Waals surface area contributed by atoms with Crippen molar-refractivity contribution in [3.63, 3.8) is 0 Å². The van der Waals surface area contributed by atoms with Crippen LogP contribution in [0.3, 0.4) is 0 Å². The average molecular weight is 382 g/mol. The first kappa shape index (κ1) is 17.7. The van der Waals surface area contributed by atoms with E-state index in [1.807, 2.05) is 18.2 Å². The molecule has 1 aliphatic carbocycles. The number of likely N-dealkylation sites (tertiary alicyclic amines) is 2. The fourth-order valence-corrected chi connectivity index (χ4v) is 4.96. The Morgan fingerprint density at radius 3 is 2.61 bits per heavy atom. The third kappa shape index (κ3) is 3.20. The Kier molecular flexibility index (Phi) is 4.19. The first-order valence-corrected chi connectivity index (χ1v) is 10.3. The number of furan rings is 1. The lowest BCUT2D eigenvalue weighted by molar-refractivity contribution is -0.148. The number of amides is 1. The van der Waals surface area contributed by atoms with Gasteiger partial charge in [0.1, 0.15) is 17.4 Å². The lowest BCUT2D eigenvalue weighted by Crippen LogP contribution is -2.43. The Bertz CT molecular complexity index is 875. The molecule has 1 spiro atoms. The number of aliphatic carboxylic acids is 1. The Balaban J connectivity index is 1.24. The predicted octanol–water partition coefficient (Wildman–Crippen LogP) is 3.11. The highest BCUT2D eigenvalue weighted by molar-refractivity contribution is 5.87. The summed E-state index contributed by atoms with van der Waals surface area (Å²) in [5, 5.41) is 10.8. The van der Waals surface area contributed by atoms with Crippen LogP contribution >= 0.6 is 0 Å². The molecule has 1 atom stereocenters. The van der Waals surface area contributed by atoms with Gasteiger partial charge in [-0.15, -0.1) is 0 Å². The van der Waals surface area contributed by atoms with Crippen LogP contribution in [-0.4, -0.2) is 52.5 Å². The van der Waals surface area contributed by atoms with E-state index in [4.69, 9.17) is 4.42 Å². The minimum atomic E-state index is -0.851. The molecule has 28 heavy (non-hydrogen) atoms. The molecule has 3 heterocycles. The smallest absolute Gasteiger partial charge is 0.326 e. The molecule has 2 aliphatic heterocycles. The number of hydrogen-bond acceptors (Lipinski definition) is 4. The van der Waals surface area contributed by atoms with E-state index < -0.39 is 12.0 Å². The fraction of sp³-hybridized carbons (Fsp3) is 0.545. The molecular weight excluding hydrogens is 356 g/mol. The summed E-state index contributed by atoms with van der Waals surface area (Å²) in [5.74, 6) is 0.257. The Morgan fingerprint density at radius 1 is 1.18 bits per heavy atom. The van der Waals surface area contributed by atoms with Crippen LogP contribution in [0.1, 0.15) is 37.9 Å². The van der Waals surface area contributed by atoms with Gasteiger partial charge in [0, 0.05) is 17.8 Å². The number of carboxylic acid groups (broad SMARTS) is 1. The van der Waals surface area contributed by atoms with Gasteiger partial charge in [0.05, 0.1) is 6.54 Å². The minimum absolute atomic E-state index is 0.0437.